The van der Waals surface area contributed by atoms with Crippen LogP contribution in [0.25, 0.3) is 10.9 Å². The van der Waals surface area contributed by atoms with Crippen molar-refractivity contribution in [1.82, 2.24) is 9.88 Å². The Labute approximate surface area is 217 Å². The minimum absolute atomic E-state index is 0.126. The van der Waals surface area contributed by atoms with Gasteiger partial charge in [-0.3, -0.25) is 14.7 Å². The predicted molar refractivity (Wildman–Crippen MR) is 141 cm³/mol. The molecule has 0 amide bonds. The highest BCUT2D eigenvalue weighted by molar-refractivity contribution is 5.83. The van der Waals surface area contributed by atoms with Crippen molar-refractivity contribution in [2.24, 2.45) is 11.8 Å². The summed E-state index contributed by atoms with van der Waals surface area (Å²) in [6, 6.07) is 13.7. The first kappa shape index (κ1) is 26.6. The fourth-order valence-corrected chi connectivity index (χ4v) is 5.23. The van der Waals surface area contributed by atoms with Gasteiger partial charge in [0, 0.05) is 30.1 Å². The van der Waals surface area contributed by atoms with E-state index in [0.29, 0.717) is 30.9 Å². The number of hydrogen-bond donors (Lipinski definition) is 2. The molecular formula is C30H33FN2O4. The molecule has 0 unspecified atom stereocenters. The highest BCUT2D eigenvalue weighted by Gasteiger charge is 2.30. The van der Waals surface area contributed by atoms with E-state index in [-0.39, 0.29) is 18.2 Å². The number of hydrogen-bond acceptors (Lipinski definition) is 5. The lowest BCUT2D eigenvalue weighted by Gasteiger charge is -2.38. The van der Waals surface area contributed by atoms with Gasteiger partial charge in [-0.2, -0.15) is 0 Å². The van der Waals surface area contributed by atoms with Crippen LogP contribution in [-0.4, -0.2) is 52.8 Å². The fraction of sp³-hybridized carbons (Fsp3) is 0.400. The van der Waals surface area contributed by atoms with Crippen LogP contribution in [0.5, 0.6) is 5.75 Å². The smallest absolute Gasteiger partial charge is 0.303 e. The van der Waals surface area contributed by atoms with Gasteiger partial charge < -0.3 is 14.9 Å². The summed E-state index contributed by atoms with van der Waals surface area (Å²) in [4.78, 5) is 17.9. The highest BCUT2D eigenvalue weighted by atomic mass is 19.1. The van der Waals surface area contributed by atoms with Crippen LogP contribution in [0.15, 0.2) is 54.7 Å². The maximum atomic E-state index is 13.4. The second-order valence-electron chi connectivity index (χ2n) is 9.66. The fourth-order valence-electron chi connectivity index (χ4n) is 5.23. The molecule has 2 N–H and O–H groups in total. The quantitative estimate of drug-likeness (QED) is 0.397. The maximum absolute atomic E-state index is 13.4. The van der Waals surface area contributed by atoms with E-state index >= 15 is 0 Å². The summed E-state index contributed by atoms with van der Waals surface area (Å²) in [6.45, 7) is 2.18. The van der Waals surface area contributed by atoms with Crippen molar-refractivity contribution in [1.29, 1.82) is 0 Å². The number of carbonyl (C=O) groups is 1. The Hall–Kier alpha value is -3.47. The molecule has 194 valence electrons. The lowest BCUT2D eigenvalue weighted by molar-refractivity contribution is -0.137. The number of fused-ring (bicyclic) bond motifs is 1. The molecule has 4 rings (SSSR count). The Bertz CT molecular complexity index is 1290. The van der Waals surface area contributed by atoms with Gasteiger partial charge in [-0.15, -0.1) is 0 Å². The molecule has 1 fully saturated rings. The number of ether oxygens (including phenoxy) is 1. The van der Waals surface area contributed by atoms with E-state index in [4.69, 9.17) is 4.74 Å². The van der Waals surface area contributed by atoms with E-state index in [9.17, 15) is 19.4 Å². The molecule has 3 atom stereocenters. The number of aliphatic hydroxyl groups excluding tert-OH is 1. The number of carboxylic acids is 1. The average Bonchev–Trinajstić information content (AvgIpc) is 2.90. The predicted octanol–water partition coefficient (Wildman–Crippen LogP) is 5.05. The number of pyridine rings is 1. The van der Waals surface area contributed by atoms with Gasteiger partial charge in [0.1, 0.15) is 11.6 Å². The van der Waals surface area contributed by atoms with Gasteiger partial charge >= 0.3 is 5.97 Å². The number of aliphatic carboxylic acids is 1. The monoisotopic (exact) mass is 504 g/mol. The third-order valence-corrected chi connectivity index (χ3v) is 7.22. The van der Waals surface area contributed by atoms with Gasteiger partial charge in [0.15, 0.2) is 0 Å². The first-order chi connectivity index (χ1) is 17.9. The molecule has 3 aromatic rings. The molecule has 0 radical (unpaired) electrons. The highest BCUT2D eigenvalue weighted by Crippen LogP contribution is 2.35. The minimum Gasteiger partial charge on any atom is -0.497 e. The molecule has 1 aliphatic rings. The number of aromatic nitrogens is 1. The third kappa shape index (κ3) is 7.28. The van der Waals surface area contributed by atoms with Crippen molar-refractivity contribution >= 4 is 16.9 Å². The summed E-state index contributed by atoms with van der Waals surface area (Å²) in [5, 5.41) is 21.2. The first-order valence-electron chi connectivity index (χ1n) is 12.7. The van der Waals surface area contributed by atoms with Crippen LogP contribution in [0.2, 0.25) is 0 Å². The number of aliphatic hydroxyl groups is 1. The van der Waals surface area contributed by atoms with Crippen LogP contribution in [-0.2, 0) is 4.79 Å². The molecular weight excluding hydrogens is 471 g/mol. The number of rotatable bonds is 9. The molecule has 0 bridgehead atoms. The van der Waals surface area contributed by atoms with Crippen LogP contribution in [0.3, 0.4) is 0 Å². The van der Waals surface area contributed by atoms with Gasteiger partial charge in [0.2, 0.25) is 0 Å². The van der Waals surface area contributed by atoms with Gasteiger partial charge in [-0.05, 0) is 92.1 Å². The van der Waals surface area contributed by atoms with E-state index in [1.165, 1.54) is 12.1 Å². The molecule has 6 nitrogen and oxygen atoms in total. The molecule has 1 aromatic heterocycles. The lowest BCUT2D eigenvalue weighted by Crippen LogP contribution is -2.41. The number of methoxy groups -OCH3 is 1. The SMILES string of the molecule is COc1ccc2nccc([C@H](O)CC[C@@H]3CCN(CC#Cc4cccc(F)c4)C[C@H]3CCC(=O)O)c2c1. The molecule has 0 saturated carbocycles. The van der Waals surface area contributed by atoms with Crippen molar-refractivity contribution in [3.63, 3.8) is 0 Å². The van der Waals surface area contributed by atoms with Crippen molar-refractivity contribution in [3.8, 4) is 17.6 Å². The second kappa shape index (κ2) is 12.7. The van der Waals surface area contributed by atoms with Crippen LogP contribution < -0.4 is 4.74 Å². The van der Waals surface area contributed by atoms with Crippen molar-refractivity contribution in [2.75, 3.05) is 26.7 Å². The zero-order chi connectivity index (χ0) is 26.2. The van der Waals surface area contributed by atoms with E-state index in [2.05, 4.69) is 21.7 Å². The summed E-state index contributed by atoms with van der Waals surface area (Å²) in [6.07, 6.45) is 4.11. The zero-order valence-corrected chi connectivity index (χ0v) is 21.1. The number of benzene rings is 2. The lowest BCUT2D eigenvalue weighted by atomic mass is 9.79. The van der Waals surface area contributed by atoms with Crippen LogP contribution in [0.1, 0.15) is 49.3 Å². The largest absolute Gasteiger partial charge is 0.497 e. The van der Waals surface area contributed by atoms with Crippen molar-refractivity contribution in [3.05, 3.63) is 71.7 Å². The molecule has 1 aliphatic heterocycles. The Morgan fingerprint density at radius 1 is 1.22 bits per heavy atom. The van der Waals surface area contributed by atoms with E-state index < -0.39 is 12.1 Å². The molecule has 0 spiro atoms. The Kier molecular flexibility index (Phi) is 9.10. The Morgan fingerprint density at radius 3 is 2.86 bits per heavy atom. The van der Waals surface area contributed by atoms with Gasteiger partial charge in [-0.1, -0.05) is 17.9 Å². The van der Waals surface area contributed by atoms with E-state index in [1.807, 2.05) is 24.3 Å². The zero-order valence-electron chi connectivity index (χ0n) is 21.1. The molecule has 7 heteroatoms. The number of halogens is 1. The Balaban J connectivity index is 1.39. The Morgan fingerprint density at radius 2 is 2.08 bits per heavy atom. The summed E-state index contributed by atoms with van der Waals surface area (Å²) in [5.74, 6) is 6.31. The average molecular weight is 505 g/mol. The van der Waals surface area contributed by atoms with Gasteiger partial charge in [0.05, 0.1) is 25.3 Å². The summed E-state index contributed by atoms with van der Waals surface area (Å²) in [7, 11) is 1.62. The first-order valence-corrected chi connectivity index (χ1v) is 12.7. The van der Waals surface area contributed by atoms with E-state index in [0.717, 1.165) is 48.1 Å². The van der Waals surface area contributed by atoms with Crippen LogP contribution >= 0.6 is 0 Å². The van der Waals surface area contributed by atoms with Gasteiger partial charge in [0.25, 0.3) is 0 Å². The topological polar surface area (TPSA) is 82.9 Å². The standard InChI is InChI=1S/C30H33FN2O4/c1-37-25-9-10-28-27(19-25)26(13-15-32-28)29(34)11-7-22-14-17-33(20-23(22)8-12-30(35)36)16-3-5-21-4-2-6-24(31)18-21/h2,4,6,9-10,13,15,18-19,22-23,29,34H,7-8,11-12,14,16-17,20H2,1H3,(H,35,36)/t22-,23-,29-/m1/s1. The summed E-state index contributed by atoms with van der Waals surface area (Å²) in [5.41, 5.74) is 2.29. The molecule has 1 saturated heterocycles. The third-order valence-electron chi connectivity index (χ3n) is 7.22. The molecule has 37 heavy (non-hydrogen) atoms. The van der Waals surface area contributed by atoms with Crippen molar-refractivity contribution in [2.45, 2.75) is 38.2 Å². The molecule has 0 aliphatic carbocycles. The van der Waals surface area contributed by atoms with Crippen LogP contribution in [0.4, 0.5) is 4.39 Å². The van der Waals surface area contributed by atoms with E-state index in [1.54, 1.807) is 25.4 Å². The maximum Gasteiger partial charge on any atom is 0.303 e. The summed E-state index contributed by atoms with van der Waals surface area (Å²) < 4.78 is 18.7. The van der Waals surface area contributed by atoms with Crippen molar-refractivity contribution < 1.29 is 24.1 Å². The number of carboxylic acid groups (broad SMARTS) is 1. The molecule has 2 aromatic carbocycles. The second-order valence-corrected chi connectivity index (χ2v) is 9.66. The molecule has 2 heterocycles. The summed E-state index contributed by atoms with van der Waals surface area (Å²) >= 11 is 0. The van der Waals surface area contributed by atoms with Crippen LogP contribution in [0, 0.1) is 29.5 Å². The number of likely N-dealkylation sites (tertiary alicyclic amines) is 1. The number of nitrogens with zero attached hydrogens (tertiary/aromatic N) is 2. The minimum atomic E-state index is -0.793. The van der Waals surface area contributed by atoms with Gasteiger partial charge in [-0.25, -0.2) is 4.39 Å². The number of piperidine rings is 1. The normalized spacial score (nSPS) is 18.7.